The monoisotopic (exact) mass is 490 g/mol. The fourth-order valence-corrected chi connectivity index (χ4v) is 4.46. The van der Waals surface area contributed by atoms with Gasteiger partial charge in [-0.05, 0) is 79.7 Å². The van der Waals surface area contributed by atoms with Crippen LogP contribution in [-0.4, -0.2) is 40.6 Å². The number of halogens is 2. The third-order valence-electron chi connectivity index (χ3n) is 4.77. The van der Waals surface area contributed by atoms with Crippen molar-refractivity contribution in [3.63, 3.8) is 0 Å². The Morgan fingerprint density at radius 3 is 2.00 bits per heavy atom. The fraction of sp³-hybridized carbons (Fsp3) is 0.208. The number of nitrogens with zero attached hydrogens (tertiary/aromatic N) is 1. The zero-order valence-corrected chi connectivity index (χ0v) is 19.4. The van der Waals surface area contributed by atoms with E-state index in [0.717, 1.165) is 40.7 Å². The first kappa shape index (κ1) is 25.0. The molecule has 0 aliphatic carbocycles. The summed E-state index contributed by atoms with van der Waals surface area (Å²) in [4.78, 5) is 12.5. The van der Waals surface area contributed by atoms with Gasteiger partial charge in [-0.1, -0.05) is 0 Å². The molecule has 1 unspecified atom stereocenters. The van der Waals surface area contributed by atoms with E-state index in [1.807, 2.05) is 0 Å². The lowest BCUT2D eigenvalue weighted by Crippen LogP contribution is -2.45. The molecule has 0 heterocycles. The normalized spacial score (nSPS) is 12.0. The molecule has 3 aromatic carbocycles. The number of sulfonamides is 1. The van der Waals surface area contributed by atoms with Crippen LogP contribution >= 0.6 is 0 Å². The third kappa shape index (κ3) is 6.44. The van der Waals surface area contributed by atoms with Gasteiger partial charge < -0.3 is 14.8 Å². The van der Waals surface area contributed by atoms with Gasteiger partial charge in [0.15, 0.2) is 0 Å². The van der Waals surface area contributed by atoms with E-state index >= 15 is 0 Å². The van der Waals surface area contributed by atoms with Crippen LogP contribution in [0.15, 0.2) is 77.7 Å². The molecule has 10 heteroatoms. The summed E-state index contributed by atoms with van der Waals surface area (Å²) < 4.78 is 64.7. The molecule has 0 bridgehead atoms. The van der Waals surface area contributed by atoms with E-state index < -0.39 is 40.2 Å². The third-order valence-corrected chi connectivity index (χ3v) is 6.56. The van der Waals surface area contributed by atoms with E-state index in [1.54, 1.807) is 38.3 Å². The summed E-state index contributed by atoms with van der Waals surface area (Å²) in [7, 11) is -2.68. The molecule has 0 aliphatic rings. The number of benzene rings is 3. The van der Waals surface area contributed by atoms with Crippen LogP contribution in [0.1, 0.15) is 6.92 Å². The van der Waals surface area contributed by atoms with Gasteiger partial charge in [0.2, 0.25) is 5.91 Å². The van der Waals surface area contributed by atoms with Gasteiger partial charge in [-0.3, -0.25) is 9.10 Å². The van der Waals surface area contributed by atoms with Gasteiger partial charge >= 0.3 is 0 Å². The Hall–Kier alpha value is -3.66. The molecule has 1 N–H and O–H groups in total. The van der Waals surface area contributed by atoms with Crippen LogP contribution in [-0.2, 0) is 14.8 Å². The van der Waals surface area contributed by atoms with Crippen molar-refractivity contribution < 1.29 is 31.5 Å². The highest BCUT2D eigenvalue weighted by atomic mass is 32.2. The van der Waals surface area contributed by atoms with Gasteiger partial charge in [0.25, 0.3) is 10.0 Å². The largest absolute Gasteiger partial charge is 0.497 e. The lowest BCUT2D eigenvalue weighted by Gasteiger charge is -2.25. The van der Waals surface area contributed by atoms with Crippen LogP contribution in [0.25, 0.3) is 0 Å². The fourth-order valence-electron chi connectivity index (χ4n) is 3.04. The van der Waals surface area contributed by atoms with E-state index in [2.05, 4.69) is 5.32 Å². The molecule has 0 saturated heterocycles. The van der Waals surface area contributed by atoms with Crippen LogP contribution in [0.2, 0.25) is 0 Å². The number of amides is 1. The maximum Gasteiger partial charge on any atom is 0.264 e. The number of carbonyl (C=O) groups excluding carboxylic acids is 1. The van der Waals surface area contributed by atoms with Crippen LogP contribution in [0.4, 0.5) is 14.5 Å². The molecule has 1 atom stereocenters. The van der Waals surface area contributed by atoms with E-state index in [1.165, 1.54) is 12.1 Å². The molecular weight excluding hydrogens is 466 g/mol. The molecule has 0 saturated carbocycles. The average molecular weight is 491 g/mol. The van der Waals surface area contributed by atoms with Gasteiger partial charge in [-0.2, -0.15) is 0 Å². The molecule has 0 fully saturated rings. The average Bonchev–Trinajstić information content (AvgIpc) is 2.82. The summed E-state index contributed by atoms with van der Waals surface area (Å²) in [5.74, 6) is -0.501. The molecule has 3 rings (SSSR count). The summed E-state index contributed by atoms with van der Waals surface area (Å²) in [5.41, 5.74) is 0.0861. The predicted octanol–water partition coefficient (Wildman–Crippen LogP) is 3.75. The van der Waals surface area contributed by atoms with Crippen molar-refractivity contribution in [2.24, 2.45) is 0 Å². The van der Waals surface area contributed by atoms with Crippen molar-refractivity contribution in [3.05, 3.63) is 84.4 Å². The molecule has 0 radical (unpaired) electrons. The molecule has 34 heavy (non-hydrogen) atoms. The lowest BCUT2D eigenvalue weighted by molar-refractivity contribution is -0.120. The molecule has 0 aromatic heterocycles. The second-order valence-corrected chi connectivity index (χ2v) is 9.26. The van der Waals surface area contributed by atoms with Gasteiger partial charge in [0, 0.05) is 0 Å². The van der Waals surface area contributed by atoms with Crippen LogP contribution in [0, 0.1) is 11.6 Å². The summed E-state index contributed by atoms with van der Waals surface area (Å²) in [6.07, 6.45) is 0. The number of hydrogen-bond acceptors (Lipinski definition) is 5. The Morgan fingerprint density at radius 2 is 1.44 bits per heavy atom. The van der Waals surface area contributed by atoms with E-state index in [4.69, 9.17) is 9.47 Å². The van der Waals surface area contributed by atoms with Crippen molar-refractivity contribution in [2.75, 3.05) is 24.6 Å². The number of hydrogen-bond donors (Lipinski definition) is 1. The number of methoxy groups -OCH3 is 1. The number of anilines is 1. The zero-order valence-electron chi connectivity index (χ0n) is 18.6. The first-order valence-corrected chi connectivity index (χ1v) is 11.7. The van der Waals surface area contributed by atoms with E-state index in [0.29, 0.717) is 11.5 Å². The number of rotatable bonds is 10. The Balaban J connectivity index is 1.71. The lowest BCUT2D eigenvalue weighted by atomic mass is 10.3. The van der Waals surface area contributed by atoms with Gasteiger partial charge in [-0.25, -0.2) is 17.2 Å². The standard InChI is InChI=1S/C24H24F2N2O5S/c1-17(16-33-22-11-9-21(32-2)10-12-22)27-24(29)15-28(20-7-3-18(25)4-8-20)34(30,31)23-13-5-19(26)6-14-23/h3-14,17H,15-16H2,1-2H3,(H,27,29). The van der Waals surface area contributed by atoms with Gasteiger partial charge in [0.05, 0.1) is 23.7 Å². The summed E-state index contributed by atoms with van der Waals surface area (Å²) in [6, 6.07) is 15.4. The molecular formula is C24H24F2N2O5S. The first-order valence-electron chi connectivity index (χ1n) is 10.3. The maximum absolute atomic E-state index is 13.4. The molecule has 3 aromatic rings. The smallest absolute Gasteiger partial charge is 0.264 e. The minimum Gasteiger partial charge on any atom is -0.497 e. The molecule has 0 aliphatic heterocycles. The van der Waals surface area contributed by atoms with Gasteiger partial charge in [-0.15, -0.1) is 0 Å². The van der Waals surface area contributed by atoms with Crippen LogP contribution in [0.5, 0.6) is 11.5 Å². The van der Waals surface area contributed by atoms with E-state index in [9.17, 15) is 22.0 Å². The Bertz CT molecular complexity index is 1200. The van der Waals surface area contributed by atoms with Crippen LogP contribution in [0.3, 0.4) is 0 Å². The number of nitrogens with one attached hydrogen (secondary N) is 1. The molecule has 180 valence electrons. The predicted molar refractivity (Wildman–Crippen MR) is 123 cm³/mol. The topological polar surface area (TPSA) is 84.9 Å². The highest BCUT2D eigenvalue weighted by molar-refractivity contribution is 7.92. The maximum atomic E-state index is 13.4. The summed E-state index contributed by atoms with van der Waals surface area (Å²) in [5, 5.41) is 2.69. The number of ether oxygens (including phenoxy) is 2. The first-order chi connectivity index (χ1) is 16.2. The van der Waals surface area contributed by atoms with Crippen molar-refractivity contribution in [2.45, 2.75) is 17.9 Å². The van der Waals surface area contributed by atoms with Crippen LogP contribution < -0.4 is 19.1 Å². The highest BCUT2D eigenvalue weighted by Crippen LogP contribution is 2.24. The minimum atomic E-state index is -4.24. The second kappa shape index (κ2) is 11.0. The van der Waals surface area contributed by atoms with E-state index in [-0.39, 0.29) is 17.2 Å². The van der Waals surface area contributed by atoms with Crippen molar-refractivity contribution in [1.82, 2.24) is 5.32 Å². The zero-order chi connectivity index (χ0) is 24.7. The quantitative estimate of drug-likeness (QED) is 0.468. The Morgan fingerprint density at radius 1 is 0.912 bits per heavy atom. The van der Waals surface area contributed by atoms with Crippen molar-refractivity contribution in [3.8, 4) is 11.5 Å². The minimum absolute atomic E-state index is 0.0861. The molecule has 0 spiro atoms. The molecule has 1 amide bonds. The Labute approximate surface area is 197 Å². The summed E-state index contributed by atoms with van der Waals surface area (Å²) in [6.45, 7) is 1.27. The van der Waals surface area contributed by atoms with Crippen molar-refractivity contribution >= 4 is 21.6 Å². The second-order valence-electron chi connectivity index (χ2n) is 7.40. The summed E-state index contributed by atoms with van der Waals surface area (Å²) >= 11 is 0. The Kier molecular flexibility index (Phi) is 8.06. The van der Waals surface area contributed by atoms with Gasteiger partial charge in [0.1, 0.15) is 36.3 Å². The molecule has 7 nitrogen and oxygen atoms in total. The number of carbonyl (C=O) groups is 1. The van der Waals surface area contributed by atoms with Crippen molar-refractivity contribution in [1.29, 1.82) is 0 Å². The highest BCUT2D eigenvalue weighted by Gasteiger charge is 2.27. The SMILES string of the molecule is COc1ccc(OCC(C)NC(=O)CN(c2ccc(F)cc2)S(=O)(=O)c2ccc(F)cc2)cc1.